The SMILES string of the molecule is CCCC(C)C(=O)N1CC(C2CN(C(=O)Cc3cc(C4CC4)on3)C2)C1. The van der Waals surface area contributed by atoms with E-state index in [4.69, 9.17) is 4.52 Å². The van der Waals surface area contributed by atoms with Crippen LogP contribution in [0.25, 0.3) is 0 Å². The Bertz CT molecular complexity index is 670. The molecular weight excluding hydrogens is 330 g/mol. The largest absolute Gasteiger partial charge is 0.361 e. The fraction of sp³-hybridized carbons (Fsp3) is 0.750. The lowest BCUT2D eigenvalue weighted by atomic mass is 9.80. The molecule has 1 saturated carbocycles. The standard InChI is InChI=1S/C20H29N3O3/c1-3-4-13(2)20(25)23-11-16(12-23)15-9-22(10-15)19(24)8-17-7-18(26-21-17)14-5-6-14/h7,13-16H,3-6,8-12H2,1-2H3. The van der Waals surface area contributed by atoms with Crippen LogP contribution in [-0.4, -0.2) is 52.9 Å². The molecule has 0 radical (unpaired) electrons. The van der Waals surface area contributed by atoms with E-state index < -0.39 is 0 Å². The molecule has 0 N–H and O–H groups in total. The molecule has 1 aromatic rings. The van der Waals surface area contributed by atoms with Crippen LogP contribution in [-0.2, 0) is 16.0 Å². The molecule has 6 nitrogen and oxygen atoms in total. The van der Waals surface area contributed by atoms with Crippen LogP contribution in [0.2, 0.25) is 0 Å². The first kappa shape index (κ1) is 17.6. The van der Waals surface area contributed by atoms with E-state index in [0.29, 0.717) is 30.1 Å². The van der Waals surface area contributed by atoms with Crippen LogP contribution in [0, 0.1) is 17.8 Å². The lowest BCUT2D eigenvalue weighted by Gasteiger charge is -2.51. The van der Waals surface area contributed by atoms with E-state index in [9.17, 15) is 9.59 Å². The fourth-order valence-electron chi connectivity index (χ4n) is 4.11. The second-order valence-corrected chi connectivity index (χ2v) is 8.42. The summed E-state index contributed by atoms with van der Waals surface area (Å²) < 4.78 is 5.32. The van der Waals surface area contributed by atoms with Crippen molar-refractivity contribution in [2.24, 2.45) is 17.8 Å². The van der Waals surface area contributed by atoms with Gasteiger partial charge in [0.1, 0.15) is 5.76 Å². The number of carbonyl (C=O) groups excluding carboxylic acids is 2. The second kappa shape index (κ2) is 7.05. The molecule has 0 aromatic carbocycles. The predicted octanol–water partition coefficient (Wildman–Crippen LogP) is 2.45. The van der Waals surface area contributed by atoms with Gasteiger partial charge in [-0.1, -0.05) is 25.4 Å². The summed E-state index contributed by atoms with van der Waals surface area (Å²) in [4.78, 5) is 28.6. The Kier molecular flexibility index (Phi) is 4.76. The molecule has 0 spiro atoms. The van der Waals surface area contributed by atoms with Gasteiger partial charge in [0.05, 0.1) is 12.1 Å². The maximum absolute atomic E-state index is 12.4. The number of carbonyl (C=O) groups is 2. The Labute approximate surface area is 154 Å². The monoisotopic (exact) mass is 359 g/mol. The van der Waals surface area contributed by atoms with Gasteiger partial charge >= 0.3 is 0 Å². The van der Waals surface area contributed by atoms with Crippen molar-refractivity contribution in [3.8, 4) is 0 Å². The number of rotatable bonds is 7. The van der Waals surface area contributed by atoms with Gasteiger partial charge in [-0.15, -0.1) is 0 Å². The molecular formula is C20H29N3O3. The Morgan fingerprint density at radius 1 is 1.19 bits per heavy atom. The van der Waals surface area contributed by atoms with E-state index in [-0.39, 0.29) is 11.8 Å². The van der Waals surface area contributed by atoms with Crippen LogP contribution in [0.3, 0.4) is 0 Å². The summed E-state index contributed by atoms with van der Waals surface area (Å²) in [6, 6.07) is 1.94. The summed E-state index contributed by atoms with van der Waals surface area (Å²) >= 11 is 0. The number of amides is 2. The van der Waals surface area contributed by atoms with Gasteiger partial charge in [0.15, 0.2) is 0 Å². The van der Waals surface area contributed by atoms with Crippen LogP contribution in [0.5, 0.6) is 0 Å². The Morgan fingerprint density at radius 3 is 2.46 bits per heavy atom. The first-order chi connectivity index (χ1) is 12.5. The number of likely N-dealkylation sites (tertiary alicyclic amines) is 2. The van der Waals surface area contributed by atoms with Gasteiger partial charge in [-0.2, -0.15) is 0 Å². The summed E-state index contributed by atoms with van der Waals surface area (Å²) in [7, 11) is 0. The summed E-state index contributed by atoms with van der Waals surface area (Å²) in [5.74, 6) is 3.15. The number of nitrogens with zero attached hydrogens (tertiary/aromatic N) is 3. The molecule has 1 atom stereocenters. The second-order valence-electron chi connectivity index (χ2n) is 8.42. The van der Waals surface area contributed by atoms with E-state index in [0.717, 1.165) is 50.5 Å². The molecule has 26 heavy (non-hydrogen) atoms. The lowest BCUT2D eigenvalue weighted by molar-refractivity contribution is -0.150. The third-order valence-corrected chi connectivity index (χ3v) is 6.18. The van der Waals surface area contributed by atoms with Crippen molar-refractivity contribution in [1.82, 2.24) is 15.0 Å². The molecule has 0 bridgehead atoms. The average molecular weight is 359 g/mol. The first-order valence-electron chi connectivity index (χ1n) is 10.1. The van der Waals surface area contributed by atoms with Crippen molar-refractivity contribution >= 4 is 11.8 Å². The van der Waals surface area contributed by atoms with E-state index in [1.807, 2.05) is 22.8 Å². The molecule has 2 saturated heterocycles. The summed E-state index contributed by atoms with van der Waals surface area (Å²) in [5.41, 5.74) is 0.755. The van der Waals surface area contributed by atoms with Crippen molar-refractivity contribution < 1.29 is 14.1 Å². The van der Waals surface area contributed by atoms with Crippen molar-refractivity contribution in [3.63, 3.8) is 0 Å². The van der Waals surface area contributed by atoms with Gasteiger partial charge in [-0.05, 0) is 19.3 Å². The highest BCUT2D eigenvalue weighted by atomic mass is 16.5. The van der Waals surface area contributed by atoms with Crippen molar-refractivity contribution in [3.05, 3.63) is 17.5 Å². The molecule has 1 unspecified atom stereocenters. The zero-order chi connectivity index (χ0) is 18.3. The van der Waals surface area contributed by atoms with Crippen LogP contribution >= 0.6 is 0 Å². The molecule has 2 amide bonds. The van der Waals surface area contributed by atoms with Crippen molar-refractivity contribution in [2.45, 2.75) is 51.9 Å². The van der Waals surface area contributed by atoms with E-state index in [2.05, 4.69) is 12.1 Å². The highest BCUT2D eigenvalue weighted by Gasteiger charge is 2.43. The molecule has 4 rings (SSSR count). The van der Waals surface area contributed by atoms with Gasteiger partial charge in [0.25, 0.3) is 0 Å². The molecule has 3 heterocycles. The van der Waals surface area contributed by atoms with Gasteiger partial charge in [0.2, 0.25) is 11.8 Å². The number of hydrogen-bond acceptors (Lipinski definition) is 4. The summed E-state index contributed by atoms with van der Waals surface area (Å²) in [6.07, 6.45) is 4.71. The Balaban J connectivity index is 1.17. The molecule has 142 valence electrons. The first-order valence-corrected chi connectivity index (χ1v) is 10.1. The van der Waals surface area contributed by atoms with Gasteiger partial charge in [-0.25, -0.2) is 0 Å². The Hall–Kier alpha value is -1.85. The quantitative estimate of drug-likeness (QED) is 0.750. The minimum Gasteiger partial charge on any atom is -0.361 e. The van der Waals surface area contributed by atoms with E-state index >= 15 is 0 Å². The van der Waals surface area contributed by atoms with Crippen molar-refractivity contribution in [1.29, 1.82) is 0 Å². The molecule has 3 fully saturated rings. The molecule has 1 aromatic heterocycles. The van der Waals surface area contributed by atoms with Crippen LogP contribution in [0.4, 0.5) is 0 Å². The zero-order valence-corrected chi connectivity index (χ0v) is 15.8. The highest BCUT2D eigenvalue weighted by molar-refractivity contribution is 5.80. The number of aromatic nitrogens is 1. The highest BCUT2D eigenvalue weighted by Crippen LogP contribution is 2.40. The van der Waals surface area contributed by atoms with Gasteiger partial charge in [-0.3, -0.25) is 9.59 Å². The smallest absolute Gasteiger partial charge is 0.228 e. The molecule has 2 aliphatic heterocycles. The summed E-state index contributed by atoms with van der Waals surface area (Å²) in [6.45, 7) is 7.53. The minimum absolute atomic E-state index is 0.140. The van der Waals surface area contributed by atoms with Crippen LogP contribution in [0.15, 0.2) is 10.6 Å². The van der Waals surface area contributed by atoms with Crippen LogP contribution in [0.1, 0.15) is 56.9 Å². The third kappa shape index (κ3) is 3.51. The zero-order valence-electron chi connectivity index (χ0n) is 15.8. The maximum atomic E-state index is 12.4. The normalized spacial score (nSPS) is 22.1. The van der Waals surface area contributed by atoms with Crippen molar-refractivity contribution in [2.75, 3.05) is 26.2 Å². The maximum Gasteiger partial charge on any atom is 0.228 e. The van der Waals surface area contributed by atoms with Gasteiger partial charge < -0.3 is 14.3 Å². The van der Waals surface area contributed by atoms with Gasteiger partial charge in [0, 0.05) is 55.9 Å². The van der Waals surface area contributed by atoms with E-state index in [1.165, 1.54) is 12.8 Å². The average Bonchev–Trinajstić information content (AvgIpc) is 3.28. The third-order valence-electron chi connectivity index (χ3n) is 6.18. The fourth-order valence-corrected chi connectivity index (χ4v) is 4.11. The molecule has 3 aliphatic rings. The van der Waals surface area contributed by atoms with E-state index in [1.54, 1.807) is 0 Å². The Morgan fingerprint density at radius 2 is 1.85 bits per heavy atom. The molecule has 6 heteroatoms. The number of hydrogen-bond donors (Lipinski definition) is 0. The minimum atomic E-state index is 0.140. The molecule has 1 aliphatic carbocycles. The topological polar surface area (TPSA) is 66.7 Å². The predicted molar refractivity (Wildman–Crippen MR) is 96.4 cm³/mol. The lowest BCUT2D eigenvalue weighted by Crippen LogP contribution is -2.62. The summed E-state index contributed by atoms with van der Waals surface area (Å²) in [5, 5.41) is 4.03. The van der Waals surface area contributed by atoms with Crippen LogP contribution < -0.4 is 0 Å².